The maximum Gasteiger partial charge on any atom is 0.228 e. The molecule has 0 atom stereocenters. The van der Waals surface area contributed by atoms with E-state index >= 15 is 0 Å². The fourth-order valence-corrected chi connectivity index (χ4v) is 2.96. The molecule has 0 aromatic heterocycles. The molecule has 1 aliphatic carbocycles. The highest BCUT2D eigenvalue weighted by Crippen LogP contribution is 2.43. The molecule has 3 rings (SSSR count). The zero-order chi connectivity index (χ0) is 11.9. The van der Waals surface area contributed by atoms with Crippen LogP contribution in [0.3, 0.4) is 0 Å². The van der Waals surface area contributed by atoms with Gasteiger partial charge in [0.05, 0.1) is 6.42 Å². The molecule has 1 heterocycles. The summed E-state index contributed by atoms with van der Waals surface area (Å²) in [6.07, 6.45) is 5.39. The van der Waals surface area contributed by atoms with Crippen LogP contribution in [0.15, 0.2) is 18.2 Å². The number of nitrogens with one attached hydrogen (secondary N) is 1. The van der Waals surface area contributed by atoms with Crippen LogP contribution >= 0.6 is 0 Å². The van der Waals surface area contributed by atoms with E-state index in [-0.39, 0.29) is 5.91 Å². The molecule has 0 radical (unpaired) electrons. The van der Waals surface area contributed by atoms with E-state index in [9.17, 15) is 4.79 Å². The maximum atomic E-state index is 11.3. The fraction of sp³-hybridized carbons (Fsp3) is 0.500. The second-order valence-corrected chi connectivity index (χ2v) is 5.45. The first-order valence-corrected chi connectivity index (χ1v) is 6.33. The van der Waals surface area contributed by atoms with Crippen molar-refractivity contribution in [2.75, 3.05) is 11.9 Å². The number of rotatable bonds is 3. The Bertz CT molecular complexity index is 458. The van der Waals surface area contributed by atoms with Crippen molar-refractivity contribution in [3.8, 4) is 0 Å². The number of fused-ring (bicyclic) bond motifs is 1. The topological polar surface area (TPSA) is 55.1 Å². The lowest BCUT2D eigenvalue weighted by molar-refractivity contribution is -0.115. The number of hydrogen-bond donors (Lipinski definition) is 2. The zero-order valence-electron chi connectivity index (χ0n) is 9.96. The molecule has 1 aromatic rings. The zero-order valence-corrected chi connectivity index (χ0v) is 9.96. The predicted molar refractivity (Wildman–Crippen MR) is 67.8 cm³/mol. The molecule has 1 fully saturated rings. The van der Waals surface area contributed by atoms with Gasteiger partial charge in [0.2, 0.25) is 5.91 Å². The van der Waals surface area contributed by atoms with Crippen LogP contribution in [0.5, 0.6) is 0 Å². The third kappa shape index (κ3) is 1.84. The Morgan fingerprint density at radius 1 is 1.35 bits per heavy atom. The predicted octanol–water partition coefficient (Wildman–Crippen LogP) is 1.85. The van der Waals surface area contributed by atoms with Gasteiger partial charge in [0, 0.05) is 5.69 Å². The molecular weight excluding hydrogens is 212 g/mol. The van der Waals surface area contributed by atoms with Gasteiger partial charge >= 0.3 is 0 Å². The van der Waals surface area contributed by atoms with E-state index in [2.05, 4.69) is 17.4 Å². The van der Waals surface area contributed by atoms with Crippen molar-refractivity contribution >= 4 is 11.6 Å². The normalized spacial score (nSPS) is 20.6. The molecular formula is C14H18N2O. The number of benzene rings is 1. The molecule has 0 bridgehead atoms. The second-order valence-electron chi connectivity index (χ2n) is 5.45. The fourth-order valence-electron chi connectivity index (χ4n) is 2.96. The summed E-state index contributed by atoms with van der Waals surface area (Å²) in [4.78, 5) is 11.3. The van der Waals surface area contributed by atoms with Crippen molar-refractivity contribution < 1.29 is 4.79 Å². The summed E-state index contributed by atoms with van der Waals surface area (Å²) in [5.74, 6) is 0.106. The number of nitrogens with two attached hydrogens (primary N) is 1. The summed E-state index contributed by atoms with van der Waals surface area (Å²) in [7, 11) is 0. The lowest BCUT2D eigenvalue weighted by Crippen LogP contribution is -2.39. The van der Waals surface area contributed by atoms with Gasteiger partial charge in [-0.05, 0) is 48.4 Å². The molecule has 2 aliphatic rings. The summed E-state index contributed by atoms with van der Waals surface area (Å²) in [5.41, 5.74) is 9.67. The third-order valence-electron chi connectivity index (χ3n) is 4.22. The van der Waals surface area contributed by atoms with Gasteiger partial charge < -0.3 is 11.1 Å². The lowest BCUT2D eigenvalue weighted by atomic mass is 9.65. The first-order valence-electron chi connectivity index (χ1n) is 6.33. The van der Waals surface area contributed by atoms with E-state index in [0.717, 1.165) is 24.2 Å². The Morgan fingerprint density at radius 3 is 2.82 bits per heavy atom. The minimum Gasteiger partial charge on any atom is -0.330 e. The first-order chi connectivity index (χ1) is 8.21. The van der Waals surface area contributed by atoms with Crippen molar-refractivity contribution in [2.24, 2.45) is 11.1 Å². The molecule has 3 heteroatoms. The molecule has 1 aliphatic heterocycles. The first kappa shape index (κ1) is 10.8. The highest BCUT2D eigenvalue weighted by atomic mass is 16.1. The van der Waals surface area contributed by atoms with Crippen molar-refractivity contribution in [3.63, 3.8) is 0 Å². The standard InChI is InChI=1S/C14H18N2O/c15-9-14(4-1-5-14)8-10-2-3-12-11(6-10)7-13(17)16-12/h2-3,6H,1,4-5,7-9,15H2,(H,16,17). The average Bonchev–Trinajstić information content (AvgIpc) is 2.63. The van der Waals surface area contributed by atoms with Crippen LogP contribution in [0, 0.1) is 5.41 Å². The second kappa shape index (κ2) is 3.84. The SMILES string of the molecule is NCC1(Cc2ccc3c(c2)CC(=O)N3)CCC1. The van der Waals surface area contributed by atoms with E-state index in [4.69, 9.17) is 5.73 Å². The van der Waals surface area contributed by atoms with Gasteiger partial charge in [-0.3, -0.25) is 4.79 Å². The number of amides is 1. The Balaban J connectivity index is 1.81. The van der Waals surface area contributed by atoms with E-state index in [1.54, 1.807) is 0 Å². The van der Waals surface area contributed by atoms with Gasteiger partial charge in [-0.25, -0.2) is 0 Å². The van der Waals surface area contributed by atoms with Crippen molar-refractivity contribution in [1.29, 1.82) is 0 Å². The monoisotopic (exact) mass is 230 g/mol. The van der Waals surface area contributed by atoms with E-state index < -0.39 is 0 Å². The van der Waals surface area contributed by atoms with Gasteiger partial charge in [0.1, 0.15) is 0 Å². The van der Waals surface area contributed by atoms with E-state index in [0.29, 0.717) is 11.8 Å². The van der Waals surface area contributed by atoms with Gasteiger partial charge in [-0.2, -0.15) is 0 Å². The van der Waals surface area contributed by atoms with E-state index in [1.165, 1.54) is 24.8 Å². The minimum atomic E-state index is 0.106. The van der Waals surface area contributed by atoms with Crippen LogP contribution in [0.1, 0.15) is 30.4 Å². The van der Waals surface area contributed by atoms with E-state index in [1.807, 2.05) is 6.07 Å². The molecule has 1 saturated carbocycles. The van der Waals surface area contributed by atoms with Gasteiger partial charge in [0.15, 0.2) is 0 Å². The molecule has 3 N–H and O–H groups in total. The lowest BCUT2D eigenvalue weighted by Gasteiger charge is -2.41. The van der Waals surface area contributed by atoms with Gasteiger partial charge in [-0.15, -0.1) is 0 Å². The molecule has 0 saturated heterocycles. The van der Waals surface area contributed by atoms with Crippen LogP contribution in [0.4, 0.5) is 5.69 Å². The van der Waals surface area contributed by atoms with Gasteiger partial charge in [-0.1, -0.05) is 18.6 Å². The van der Waals surface area contributed by atoms with Crippen LogP contribution in [0.25, 0.3) is 0 Å². The number of carbonyl (C=O) groups excluding carboxylic acids is 1. The van der Waals surface area contributed by atoms with Crippen molar-refractivity contribution in [2.45, 2.75) is 32.1 Å². The molecule has 17 heavy (non-hydrogen) atoms. The van der Waals surface area contributed by atoms with Crippen LogP contribution in [0.2, 0.25) is 0 Å². The summed E-state index contributed by atoms with van der Waals surface area (Å²) >= 11 is 0. The third-order valence-corrected chi connectivity index (χ3v) is 4.22. The van der Waals surface area contributed by atoms with Crippen LogP contribution < -0.4 is 11.1 Å². The smallest absolute Gasteiger partial charge is 0.228 e. The van der Waals surface area contributed by atoms with Crippen LogP contribution in [-0.4, -0.2) is 12.5 Å². The Morgan fingerprint density at radius 2 is 2.18 bits per heavy atom. The molecule has 1 amide bonds. The molecule has 3 nitrogen and oxygen atoms in total. The summed E-state index contributed by atoms with van der Waals surface area (Å²) in [6.45, 7) is 0.779. The highest BCUT2D eigenvalue weighted by molar-refractivity contribution is 5.99. The Hall–Kier alpha value is -1.35. The van der Waals surface area contributed by atoms with Crippen LogP contribution in [-0.2, 0) is 17.6 Å². The maximum absolute atomic E-state index is 11.3. The highest BCUT2D eigenvalue weighted by Gasteiger charge is 2.35. The number of carbonyl (C=O) groups is 1. The number of hydrogen-bond acceptors (Lipinski definition) is 2. The molecule has 90 valence electrons. The largest absolute Gasteiger partial charge is 0.330 e. The van der Waals surface area contributed by atoms with Crippen molar-refractivity contribution in [3.05, 3.63) is 29.3 Å². The quantitative estimate of drug-likeness (QED) is 0.832. The molecule has 0 unspecified atom stereocenters. The minimum absolute atomic E-state index is 0.106. The summed E-state index contributed by atoms with van der Waals surface area (Å²) < 4.78 is 0. The molecule has 0 spiro atoms. The van der Waals surface area contributed by atoms with Crippen molar-refractivity contribution in [1.82, 2.24) is 0 Å². The Labute approximate surface area is 101 Å². The summed E-state index contributed by atoms with van der Waals surface area (Å²) in [6, 6.07) is 6.32. The van der Waals surface area contributed by atoms with Gasteiger partial charge in [0.25, 0.3) is 0 Å². The molecule has 1 aromatic carbocycles. The summed E-state index contributed by atoms with van der Waals surface area (Å²) in [5, 5.41) is 2.87. The Kier molecular flexibility index (Phi) is 2.44. The average molecular weight is 230 g/mol. The number of anilines is 1.